The van der Waals surface area contributed by atoms with E-state index in [2.05, 4.69) is 50.6 Å². The Morgan fingerprint density at radius 1 is 1.29 bits per heavy atom. The summed E-state index contributed by atoms with van der Waals surface area (Å²) in [6.07, 6.45) is 1.80. The van der Waals surface area contributed by atoms with Gasteiger partial charge in [-0.05, 0) is 41.9 Å². The zero-order valence-electron chi connectivity index (χ0n) is 9.45. The number of benzene rings is 1. The Bertz CT molecular complexity index is 439. The van der Waals surface area contributed by atoms with E-state index in [1.54, 1.807) is 0 Å². The number of hydrogen-bond acceptors (Lipinski definition) is 2. The third-order valence-corrected chi connectivity index (χ3v) is 3.54. The van der Waals surface area contributed by atoms with Gasteiger partial charge in [0.25, 0.3) is 0 Å². The van der Waals surface area contributed by atoms with Crippen LogP contribution in [0.2, 0.25) is 5.02 Å². The van der Waals surface area contributed by atoms with E-state index in [1.807, 2.05) is 30.5 Å². The lowest BCUT2D eigenvalue weighted by Gasteiger charge is -2.34. The summed E-state index contributed by atoms with van der Waals surface area (Å²) >= 11 is 12.9. The smallest absolute Gasteiger partial charge is 0.200 e. The lowest BCUT2D eigenvalue weighted by Crippen LogP contribution is -2.35. The summed E-state index contributed by atoms with van der Waals surface area (Å²) in [6, 6.07) is 7.67. The molecule has 0 fully saturated rings. The first-order valence-electron chi connectivity index (χ1n) is 5.15. The molecule has 17 heavy (non-hydrogen) atoms. The van der Waals surface area contributed by atoms with Crippen LogP contribution in [0.15, 0.2) is 35.1 Å². The zero-order valence-corrected chi connectivity index (χ0v) is 13.4. The molecule has 1 atom stereocenters. The second kappa shape index (κ2) is 4.82. The molecule has 0 aliphatic carbocycles. The molecule has 0 bridgehead atoms. The Kier molecular flexibility index (Phi) is 3.76. The standard InChI is InChI=1S/C12H12Br2ClNO/c1-12(2,14)16-7-10(13)17-11(16)8-3-5-9(15)6-4-8/h3-7,11H,1-2H3. The summed E-state index contributed by atoms with van der Waals surface area (Å²) in [7, 11) is 0. The van der Waals surface area contributed by atoms with Crippen LogP contribution in [-0.4, -0.2) is 9.35 Å². The Balaban J connectivity index is 2.30. The fourth-order valence-corrected chi connectivity index (χ4v) is 2.47. The molecule has 5 heteroatoms. The molecular weight excluding hydrogens is 369 g/mol. The molecule has 1 aliphatic heterocycles. The van der Waals surface area contributed by atoms with Gasteiger partial charge in [0.15, 0.2) is 10.9 Å². The zero-order chi connectivity index (χ0) is 12.6. The summed E-state index contributed by atoms with van der Waals surface area (Å²) in [5.41, 5.74) is 1.06. The maximum Gasteiger partial charge on any atom is 0.200 e. The van der Waals surface area contributed by atoms with Gasteiger partial charge in [-0.2, -0.15) is 0 Å². The van der Waals surface area contributed by atoms with Gasteiger partial charge in [0.05, 0.1) is 10.6 Å². The predicted molar refractivity (Wildman–Crippen MR) is 77.1 cm³/mol. The van der Waals surface area contributed by atoms with Gasteiger partial charge in [0.1, 0.15) is 0 Å². The topological polar surface area (TPSA) is 12.5 Å². The molecule has 2 nitrogen and oxygen atoms in total. The molecule has 0 spiro atoms. The number of hydrogen-bond donors (Lipinski definition) is 0. The van der Waals surface area contributed by atoms with Gasteiger partial charge in [0, 0.05) is 10.6 Å². The van der Waals surface area contributed by atoms with E-state index in [1.165, 1.54) is 0 Å². The van der Waals surface area contributed by atoms with Crippen molar-refractivity contribution in [3.8, 4) is 0 Å². The molecule has 0 aromatic heterocycles. The first-order chi connectivity index (χ1) is 7.88. The minimum absolute atomic E-state index is 0.143. The van der Waals surface area contributed by atoms with Gasteiger partial charge in [-0.25, -0.2) is 0 Å². The van der Waals surface area contributed by atoms with Gasteiger partial charge in [-0.3, -0.25) is 0 Å². The molecule has 92 valence electrons. The van der Waals surface area contributed by atoms with Crippen LogP contribution in [0, 0.1) is 0 Å². The summed E-state index contributed by atoms with van der Waals surface area (Å²) < 4.78 is 6.30. The summed E-state index contributed by atoms with van der Waals surface area (Å²) in [4.78, 5) is 2.10. The molecule has 0 radical (unpaired) electrons. The Labute approximate surface area is 123 Å². The summed E-state index contributed by atoms with van der Waals surface area (Å²) in [6.45, 7) is 4.14. The Hall–Kier alpha value is -0.190. The van der Waals surface area contributed by atoms with Gasteiger partial charge >= 0.3 is 0 Å². The first-order valence-corrected chi connectivity index (χ1v) is 7.11. The first kappa shape index (κ1) is 13.2. The van der Waals surface area contributed by atoms with Crippen LogP contribution in [0.1, 0.15) is 25.6 Å². The fraction of sp³-hybridized carbons (Fsp3) is 0.333. The van der Waals surface area contributed by atoms with E-state index in [0.717, 1.165) is 15.3 Å². The van der Waals surface area contributed by atoms with Crippen molar-refractivity contribution >= 4 is 43.5 Å². The molecule has 1 unspecified atom stereocenters. The molecular formula is C12H12Br2ClNO. The number of halogens is 3. The lowest BCUT2D eigenvalue weighted by atomic mass is 10.1. The van der Waals surface area contributed by atoms with Crippen molar-refractivity contribution in [1.82, 2.24) is 4.90 Å². The van der Waals surface area contributed by atoms with Gasteiger partial charge < -0.3 is 9.64 Å². The second-order valence-corrected chi connectivity index (χ2v) is 7.43. The normalized spacial score (nSPS) is 20.2. The number of nitrogens with zero attached hydrogens (tertiary/aromatic N) is 1. The SMILES string of the molecule is CC(C)(Br)N1C=C(Br)OC1c1ccc(Cl)cc1. The third kappa shape index (κ3) is 2.98. The largest absolute Gasteiger partial charge is 0.458 e. The molecule has 0 saturated carbocycles. The van der Waals surface area contributed by atoms with Crippen LogP contribution < -0.4 is 0 Å². The molecule has 1 aliphatic rings. The lowest BCUT2D eigenvalue weighted by molar-refractivity contribution is 0.0292. The highest BCUT2D eigenvalue weighted by molar-refractivity contribution is 9.11. The monoisotopic (exact) mass is 379 g/mol. The van der Waals surface area contributed by atoms with E-state index in [9.17, 15) is 0 Å². The molecule has 0 amide bonds. The maximum absolute atomic E-state index is 5.89. The Morgan fingerprint density at radius 2 is 1.88 bits per heavy atom. The van der Waals surface area contributed by atoms with Crippen molar-refractivity contribution in [2.45, 2.75) is 24.5 Å². The van der Waals surface area contributed by atoms with Crippen molar-refractivity contribution in [3.63, 3.8) is 0 Å². The molecule has 2 rings (SSSR count). The van der Waals surface area contributed by atoms with Crippen LogP contribution in [0.3, 0.4) is 0 Å². The van der Waals surface area contributed by atoms with Crippen molar-refractivity contribution in [2.75, 3.05) is 0 Å². The van der Waals surface area contributed by atoms with Crippen LogP contribution >= 0.6 is 43.5 Å². The van der Waals surface area contributed by atoms with Crippen LogP contribution in [0.4, 0.5) is 0 Å². The summed E-state index contributed by atoms with van der Waals surface area (Å²) in [5, 5.41) is 0.725. The van der Waals surface area contributed by atoms with Crippen molar-refractivity contribution in [2.24, 2.45) is 0 Å². The van der Waals surface area contributed by atoms with E-state index in [0.29, 0.717) is 0 Å². The predicted octanol–water partition coefficient (Wildman–Crippen LogP) is 5.00. The average Bonchev–Trinajstić information content (AvgIpc) is 2.61. The molecule has 1 aromatic rings. The highest BCUT2D eigenvalue weighted by Crippen LogP contribution is 2.41. The quantitative estimate of drug-likeness (QED) is 0.528. The molecule has 0 N–H and O–H groups in total. The molecule has 1 heterocycles. The third-order valence-electron chi connectivity index (χ3n) is 2.49. The van der Waals surface area contributed by atoms with E-state index in [4.69, 9.17) is 16.3 Å². The summed E-state index contributed by atoms with van der Waals surface area (Å²) in [5.74, 6) is 0. The number of rotatable bonds is 2. The Morgan fingerprint density at radius 3 is 2.41 bits per heavy atom. The van der Waals surface area contributed by atoms with Crippen molar-refractivity contribution in [1.29, 1.82) is 0 Å². The second-order valence-electron chi connectivity index (χ2n) is 4.27. The minimum atomic E-state index is -0.188. The van der Waals surface area contributed by atoms with Crippen LogP contribution in [0.5, 0.6) is 0 Å². The van der Waals surface area contributed by atoms with E-state index < -0.39 is 0 Å². The van der Waals surface area contributed by atoms with Crippen LogP contribution in [-0.2, 0) is 4.74 Å². The number of alkyl halides is 1. The van der Waals surface area contributed by atoms with Crippen LogP contribution in [0.25, 0.3) is 0 Å². The highest BCUT2D eigenvalue weighted by Gasteiger charge is 2.35. The van der Waals surface area contributed by atoms with Crippen molar-refractivity contribution < 1.29 is 4.74 Å². The van der Waals surface area contributed by atoms with E-state index in [-0.39, 0.29) is 10.7 Å². The average molecular weight is 381 g/mol. The minimum Gasteiger partial charge on any atom is -0.458 e. The highest BCUT2D eigenvalue weighted by atomic mass is 79.9. The fourth-order valence-electron chi connectivity index (χ4n) is 1.66. The molecule has 1 aromatic carbocycles. The van der Waals surface area contributed by atoms with E-state index >= 15 is 0 Å². The van der Waals surface area contributed by atoms with Gasteiger partial charge in [0.2, 0.25) is 0 Å². The maximum atomic E-state index is 5.89. The number of ether oxygens (including phenoxy) is 1. The van der Waals surface area contributed by atoms with Gasteiger partial charge in [-0.15, -0.1) is 0 Å². The van der Waals surface area contributed by atoms with Gasteiger partial charge in [-0.1, -0.05) is 39.7 Å². The van der Waals surface area contributed by atoms with Crippen molar-refractivity contribution in [3.05, 3.63) is 45.7 Å². The molecule has 0 saturated heterocycles.